The molecule has 0 atom stereocenters. The fourth-order valence-corrected chi connectivity index (χ4v) is 3.79. The van der Waals surface area contributed by atoms with Crippen LogP contribution < -0.4 is 5.32 Å². The predicted octanol–water partition coefficient (Wildman–Crippen LogP) is 3.50. The number of thioether (sulfide) groups is 1. The van der Waals surface area contributed by atoms with E-state index >= 15 is 0 Å². The van der Waals surface area contributed by atoms with E-state index in [0.717, 1.165) is 43.3 Å². The first-order valence-corrected chi connectivity index (χ1v) is 11.1. The Bertz CT molecular complexity index is 862. The molecule has 8 heteroatoms. The van der Waals surface area contributed by atoms with Crippen LogP contribution in [0.2, 0.25) is 0 Å². The first-order valence-electron chi connectivity index (χ1n) is 10.1. The SMILES string of the molecule is CCCCN(CCSC1=NCC(CC)=CN1)C(=O)c1ccccc1-n1nccn1. The maximum atomic E-state index is 13.3. The van der Waals surface area contributed by atoms with Gasteiger partial charge in [0, 0.05) is 25.0 Å². The largest absolute Gasteiger partial charge is 0.341 e. The zero-order valence-corrected chi connectivity index (χ0v) is 17.9. The van der Waals surface area contributed by atoms with E-state index in [1.54, 1.807) is 24.2 Å². The number of unbranched alkanes of at least 4 members (excludes halogenated alkanes) is 1. The van der Waals surface area contributed by atoms with Gasteiger partial charge in [-0.3, -0.25) is 9.79 Å². The van der Waals surface area contributed by atoms with Gasteiger partial charge in [0.25, 0.3) is 5.91 Å². The second-order valence-electron chi connectivity index (χ2n) is 6.75. The monoisotopic (exact) mass is 412 g/mol. The minimum Gasteiger partial charge on any atom is -0.341 e. The van der Waals surface area contributed by atoms with Crippen molar-refractivity contribution < 1.29 is 4.79 Å². The minimum atomic E-state index is 0.0126. The molecule has 1 aliphatic rings. The van der Waals surface area contributed by atoms with Gasteiger partial charge in [0.1, 0.15) is 0 Å². The van der Waals surface area contributed by atoms with Crippen LogP contribution in [0.4, 0.5) is 0 Å². The summed E-state index contributed by atoms with van der Waals surface area (Å²) in [5.41, 5.74) is 2.62. The summed E-state index contributed by atoms with van der Waals surface area (Å²) in [7, 11) is 0. The fourth-order valence-electron chi connectivity index (χ4n) is 2.99. The first-order chi connectivity index (χ1) is 14.2. The summed E-state index contributed by atoms with van der Waals surface area (Å²) < 4.78 is 0. The van der Waals surface area contributed by atoms with Crippen molar-refractivity contribution in [2.24, 2.45) is 4.99 Å². The van der Waals surface area contributed by atoms with Crippen molar-refractivity contribution >= 4 is 22.8 Å². The first kappa shape index (κ1) is 21.1. The lowest BCUT2D eigenvalue weighted by atomic mass is 10.1. The van der Waals surface area contributed by atoms with Crippen molar-refractivity contribution in [1.82, 2.24) is 25.2 Å². The number of hydrogen-bond donors (Lipinski definition) is 1. The van der Waals surface area contributed by atoms with Crippen molar-refractivity contribution in [3.63, 3.8) is 0 Å². The number of amidine groups is 1. The Kier molecular flexibility index (Phi) is 7.86. The van der Waals surface area contributed by atoms with Crippen LogP contribution in [0.15, 0.2) is 53.4 Å². The number of carbonyl (C=O) groups excluding carboxylic acids is 1. The van der Waals surface area contributed by atoms with Crippen LogP contribution in [-0.4, -0.2) is 56.4 Å². The Labute approximate surface area is 176 Å². The molecule has 0 unspecified atom stereocenters. The molecule has 0 fully saturated rings. The smallest absolute Gasteiger partial charge is 0.256 e. The van der Waals surface area contributed by atoms with Gasteiger partial charge in [0.05, 0.1) is 30.2 Å². The van der Waals surface area contributed by atoms with E-state index in [9.17, 15) is 4.79 Å². The molecule has 7 nitrogen and oxygen atoms in total. The number of rotatable bonds is 9. The number of aliphatic imine (C=N–C) groups is 1. The minimum absolute atomic E-state index is 0.0126. The zero-order chi connectivity index (χ0) is 20.5. The summed E-state index contributed by atoms with van der Waals surface area (Å²) in [4.78, 5) is 21.3. The Morgan fingerprint density at radius 3 is 2.69 bits per heavy atom. The van der Waals surface area contributed by atoms with Gasteiger partial charge in [0.2, 0.25) is 0 Å². The van der Waals surface area contributed by atoms with Crippen LogP contribution in [-0.2, 0) is 0 Å². The van der Waals surface area contributed by atoms with Crippen LogP contribution in [0, 0.1) is 0 Å². The molecule has 2 aromatic rings. The average molecular weight is 413 g/mol. The summed E-state index contributed by atoms with van der Waals surface area (Å²) in [6, 6.07) is 7.49. The molecule has 0 bridgehead atoms. The molecule has 3 rings (SSSR count). The fraction of sp³-hybridized carbons (Fsp3) is 0.429. The maximum Gasteiger partial charge on any atom is 0.256 e. The molecule has 0 aliphatic carbocycles. The quantitative estimate of drug-likeness (QED) is 0.682. The Hall–Kier alpha value is -2.61. The summed E-state index contributed by atoms with van der Waals surface area (Å²) in [6.07, 6.45) is 8.30. The lowest BCUT2D eigenvalue weighted by molar-refractivity contribution is 0.0763. The van der Waals surface area contributed by atoms with E-state index in [-0.39, 0.29) is 5.91 Å². The molecular weight excluding hydrogens is 384 g/mol. The van der Waals surface area contributed by atoms with Gasteiger partial charge in [-0.2, -0.15) is 15.0 Å². The molecular formula is C21H28N6OS. The van der Waals surface area contributed by atoms with Gasteiger partial charge in [-0.1, -0.05) is 44.2 Å². The topological polar surface area (TPSA) is 75.4 Å². The summed E-state index contributed by atoms with van der Waals surface area (Å²) in [5.74, 6) is 0.803. The number of para-hydroxylation sites is 1. The van der Waals surface area contributed by atoms with Crippen LogP contribution in [0.25, 0.3) is 5.69 Å². The second-order valence-corrected chi connectivity index (χ2v) is 7.84. The third kappa shape index (κ3) is 5.69. The number of nitrogens with zero attached hydrogens (tertiary/aromatic N) is 5. The summed E-state index contributed by atoms with van der Waals surface area (Å²) >= 11 is 1.66. The molecule has 0 spiro atoms. The van der Waals surface area contributed by atoms with Gasteiger partial charge in [-0.15, -0.1) is 0 Å². The van der Waals surface area contributed by atoms with Gasteiger partial charge >= 0.3 is 0 Å². The Morgan fingerprint density at radius 1 is 1.21 bits per heavy atom. The molecule has 2 heterocycles. The van der Waals surface area contributed by atoms with E-state index in [4.69, 9.17) is 0 Å². The molecule has 0 saturated carbocycles. The standard InChI is InChI=1S/C21H28N6OS/c1-3-5-12-26(13-14-29-21-22-15-17(4-2)16-23-21)20(28)18-8-6-7-9-19(18)27-24-10-11-25-27/h6-11,15H,3-5,12-14,16H2,1-2H3,(H,22,23). The normalized spacial score (nSPS) is 13.4. The number of aromatic nitrogens is 3. The summed E-state index contributed by atoms with van der Waals surface area (Å²) in [6.45, 7) is 6.42. The molecule has 29 heavy (non-hydrogen) atoms. The van der Waals surface area contributed by atoms with E-state index in [2.05, 4.69) is 34.4 Å². The number of nitrogens with one attached hydrogen (secondary N) is 1. The van der Waals surface area contributed by atoms with Gasteiger partial charge in [-0.05, 0) is 30.5 Å². The highest BCUT2D eigenvalue weighted by Crippen LogP contribution is 2.17. The van der Waals surface area contributed by atoms with Gasteiger partial charge < -0.3 is 10.2 Å². The third-order valence-electron chi connectivity index (χ3n) is 4.72. The third-order valence-corrected chi connectivity index (χ3v) is 5.62. The molecule has 1 amide bonds. The summed E-state index contributed by atoms with van der Waals surface area (Å²) in [5, 5.41) is 12.6. The molecule has 1 aliphatic heterocycles. The van der Waals surface area contributed by atoms with Crippen molar-refractivity contribution in [3.8, 4) is 5.69 Å². The zero-order valence-electron chi connectivity index (χ0n) is 17.0. The number of benzene rings is 1. The average Bonchev–Trinajstić information content (AvgIpc) is 3.31. The van der Waals surface area contributed by atoms with Crippen molar-refractivity contribution in [3.05, 3.63) is 54.0 Å². The highest BCUT2D eigenvalue weighted by molar-refractivity contribution is 8.13. The van der Waals surface area contributed by atoms with E-state index in [0.29, 0.717) is 17.8 Å². The van der Waals surface area contributed by atoms with E-state index < -0.39 is 0 Å². The molecule has 1 N–H and O–H groups in total. The van der Waals surface area contributed by atoms with E-state index in [1.807, 2.05) is 35.4 Å². The molecule has 1 aromatic heterocycles. The van der Waals surface area contributed by atoms with Crippen molar-refractivity contribution in [1.29, 1.82) is 0 Å². The van der Waals surface area contributed by atoms with Crippen LogP contribution >= 0.6 is 11.8 Å². The molecule has 154 valence electrons. The predicted molar refractivity (Wildman–Crippen MR) is 118 cm³/mol. The van der Waals surface area contributed by atoms with E-state index in [1.165, 1.54) is 10.4 Å². The molecule has 1 aromatic carbocycles. The molecule has 0 radical (unpaired) electrons. The van der Waals surface area contributed by atoms with Crippen LogP contribution in [0.5, 0.6) is 0 Å². The lowest BCUT2D eigenvalue weighted by Gasteiger charge is -2.24. The van der Waals surface area contributed by atoms with Crippen molar-refractivity contribution in [2.75, 3.05) is 25.4 Å². The number of carbonyl (C=O) groups is 1. The highest BCUT2D eigenvalue weighted by Gasteiger charge is 2.20. The Morgan fingerprint density at radius 2 is 2.00 bits per heavy atom. The number of amides is 1. The lowest BCUT2D eigenvalue weighted by Crippen LogP contribution is -2.35. The second kappa shape index (κ2) is 10.8. The van der Waals surface area contributed by atoms with Gasteiger partial charge in [-0.25, -0.2) is 0 Å². The number of hydrogen-bond acceptors (Lipinski definition) is 6. The maximum absolute atomic E-state index is 13.3. The van der Waals surface area contributed by atoms with Crippen LogP contribution in [0.1, 0.15) is 43.5 Å². The van der Waals surface area contributed by atoms with Gasteiger partial charge in [0.15, 0.2) is 5.17 Å². The highest BCUT2D eigenvalue weighted by atomic mass is 32.2. The Balaban J connectivity index is 1.66. The molecule has 0 saturated heterocycles. The van der Waals surface area contributed by atoms with Crippen LogP contribution in [0.3, 0.4) is 0 Å². The van der Waals surface area contributed by atoms with Crippen molar-refractivity contribution in [2.45, 2.75) is 33.1 Å².